The highest BCUT2D eigenvalue weighted by Crippen LogP contribution is 2.19. The smallest absolute Gasteiger partial charge is 0.280 e. The zero-order valence-electron chi connectivity index (χ0n) is 12.0. The third-order valence-electron chi connectivity index (χ3n) is 3.12. The number of ether oxygens (including phenoxy) is 1. The maximum Gasteiger partial charge on any atom is 0.280 e. The SMILES string of the molecule is COc1cccc(NC(=O)c2nnc3c(C#N)cnn3c2N)c1. The van der Waals surface area contributed by atoms with E-state index in [0.717, 1.165) is 0 Å². The summed E-state index contributed by atoms with van der Waals surface area (Å²) >= 11 is 0. The molecule has 2 aromatic heterocycles. The summed E-state index contributed by atoms with van der Waals surface area (Å²) in [4.78, 5) is 12.3. The first-order valence-electron chi connectivity index (χ1n) is 6.49. The van der Waals surface area contributed by atoms with Crippen LogP contribution in [-0.2, 0) is 0 Å². The molecule has 23 heavy (non-hydrogen) atoms. The lowest BCUT2D eigenvalue weighted by Gasteiger charge is -2.08. The molecule has 9 nitrogen and oxygen atoms in total. The van der Waals surface area contributed by atoms with E-state index in [9.17, 15) is 4.79 Å². The van der Waals surface area contributed by atoms with E-state index in [4.69, 9.17) is 15.7 Å². The Kier molecular flexibility index (Phi) is 3.48. The van der Waals surface area contributed by atoms with E-state index >= 15 is 0 Å². The average molecular weight is 309 g/mol. The van der Waals surface area contributed by atoms with Crippen LogP contribution in [0.3, 0.4) is 0 Å². The van der Waals surface area contributed by atoms with Crippen LogP contribution in [0.2, 0.25) is 0 Å². The highest BCUT2D eigenvalue weighted by molar-refractivity contribution is 6.05. The first-order chi connectivity index (χ1) is 11.1. The molecule has 2 heterocycles. The second-order valence-electron chi connectivity index (χ2n) is 4.53. The minimum Gasteiger partial charge on any atom is -0.497 e. The van der Waals surface area contributed by atoms with E-state index in [1.807, 2.05) is 6.07 Å². The van der Waals surface area contributed by atoms with Gasteiger partial charge < -0.3 is 15.8 Å². The first-order valence-corrected chi connectivity index (χ1v) is 6.49. The number of carbonyl (C=O) groups excluding carboxylic acids is 1. The number of nitriles is 1. The van der Waals surface area contributed by atoms with Gasteiger partial charge in [0, 0.05) is 11.8 Å². The van der Waals surface area contributed by atoms with Crippen LogP contribution in [0.1, 0.15) is 16.1 Å². The number of fused-ring (bicyclic) bond motifs is 1. The van der Waals surface area contributed by atoms with E-state index in [1.54, 1.807) is 24.3 Å². The van der Waals surface area contributed by atoms with Crippen molar-refractivity contribution in [1.29, 1.82) is 5.26 Å². The van der Waals surface area contributed by atoms with Crippen LogP contribution in [0.5, 0.6) is 5.75 Å². The normalized spacial score (nSPS) is 10.3. The van der Waals surface area contributed by atoms with Gasteiger partial charge >= 0.3 is 0 Å². The Balaban J connectivity index is 1.95. The van der Waals surface area contributed by atoms with Crippen LogP contribution >= 0.6 is 0 Å². The van der Waals surface area contributed by atoms with Crippen molar-refractivity contribution in [1.82, 2.24) is 19.8 Å². The molecule has 0 aliphatic carbocycles. The Morgan fingerprint density at radius 2 is 2.26 bits per heavy atom. The summed E-state index contributed by atoms with van der Waals surface area (Å²) in [5, 5.41) is 23.1. The lowest BCUT2D eigenvalue weighted by atomic mass is 10.3. The molecular formula is C14H11N7O2. The van der Waals surface area contributed by atoms with Gasteiger partial charge in [-0.15, -0.1) is 10.2 Å². The van der Waals surface area contributed by atoms with Gasteiger partial charge in [-0.25, -0.2) is 0 Å². The average Bonchev–Trinajstić information content (AvgIpc) is 2.99. The number of anilines is 2. The minimum absolute atomic E-state index is 0.00287. The van der Waals surface area contributed by atoms with Crippen LogP contribution < -0.4 is 15.8 Å². The number of methoxy groups -OCH3 is 1. The molecule has 9 heteroatoms. The minimum atomic E-state index is -0.542. The van der Waals surface area contributed by atoms with Crippen molar-refractivity contribution in [3.63, 3.8) is 0 Å². The number of nitrogens with zero attached hydrogens (tertiary/aromatic N) is 5. The molecule has 3 aromatic rings. The van der Waals surface area contributed by atoms with Crippen molar-refractivity contribution in [3.8, 4) is 11.8 Å². The topological polar surface area (TPSA) is 131 Å². The van der Waals surface area contributed by atoms with Crippen molar-refractivity contribution in [2.24, 2.45) is 0 Å². The molecule has 1 aromatic carbocycles. The number of rotatable bonds is 3. The summed E-state index contributed by atoms with van der Waals surface area (Å²) in [5.74, 6) is 0.0547. The van der Waals surface area contributed by atoms with Gasteiger partial charge in [-0.1, -0.05) is 6.07 Å². The van der Waals surface area contributed by atoms with E-state index in [2.05, 4.69) is 20.6 Å². The van der Waals surface area contributed by atoms with Crippen LogP contribution in [0.25, 0.3) is 5.65 Å². The number of hydrogen-bond acceptors (Lipinski definition) is 7. The fraction of sp³-hybridized carbons (Fsp3) is 0.0714. The molecule has 0 spiro atoms. The summed E-state index contributed by atoms with van der Waals surface area (Å²) in [7, 11) is 1.53. The highest BCUT2D eigenvalue weighted by atomic mass is 16.5. The second-order valence-corrected chi connectivity index (χ2v) is 4.53. The number of aromatic nitrogens is 4. The van der Waals surface area contributed by atoms with Gasteiger partial charge in [0.05, 0.1) is 13.3 Å². The molecule has 1 amide bonds. The van der Waals surface area contributed by atoms with E-state index in [-0.39, 0.29) is 22.7 Å². The number of nitrogens with two attached hydrogens (primary N) is 1. The summed E-state index contributed by atoms with van der Waals surface area (Å²) in [6, 6.07) is 8.76. The summed E-state index contributed by atoms with van der Waals surface area (Å²) in [6.07, 6.45) is 1.31. The van der Waals surface area contributed by atoms with Gasteiger partial charge in [0.15, 0.2) is 17.2 Å². The van der Waals surface area contributed by atoms with Crippen molar-refractivity contribution < 1.29 is 9.53 Å². The lowest BCUT2D eigenvalue weighted by Crippen LogP contribution is -2.19. The van der Waals surface area contributed by atoms with E-state index < -0.39 is 5.91 Å². The van der Waals surface area contributed by atoms with Gasteiger partial charge in [-0.05, 0) is 12.1 Å². The number of benzene rings is 1. The summed E-state index contributed by atoms with van der Waals surface area (Å²) in [6.45, 7) is 0. The van der Waals surface area contributed by atoms with Gasteiger partial charge in [-0.3, -0.25) is 4.79 Å². The summed E-state index contributed by atoms with van der Waals surface area (Å²) < 4.78 is 6.29. The summed E-state index contributed by atoms with van der Waals surface area (Å²) in [5.41, 5.74) is 6.76. The predicted molar refractivity (Wildman–Crippen MR) is 80.9 cm³/mol. The fourth-order valence-electron chi connectivity index (χ4n) is 2.00. The van der Waals surface area contributed by atoms with Crippen LogP contribution in [0.4, 0.5) is 11.5 Å². The Morgan fingerprint density at radius 3 is 3.00 bits per heavy atom. The second kappa shape index (κ2) is 5.61. The molecule has 0 fully saturated rings. The lowest BCUT2D eigenvalue weighted by molar-refractivity contribution is 0.102. The molecule has 0 radical (unpaired) electrons. The van der Waals surface area contributed by atoms with Crippen molar-refractivity contribution in [2.45, 2.75) is 0 Å². The molecule has 0 bridgehead atoms. The van der Waals surface area contributed by atoms with E-state index in [0.29, 0.717) is 11.4 Å². The number of hydrogen-bond donors (Lipinski definition) is 2. The van der Waals surface area contributed by atoms with Crippen LogP contribution in [0, 0.1) is 11.3 Å². The molecule has 3 rings (SSSR count). The van der Waals surface area contributed by atoms with Gasteiger partial charge in [0.1, 0.15) is 17.4 Å². The molecule has 114 valence electrons. The quantitative estimate of drug-likeness (QED) is 0.732. The Morgan fingerprint density at radius 1 is 1.43 bits per heavy atom. The molecule has 0 unspecified atom stereocenters. The largest absolute Gasteiger partial charge is 0.497 e. The van der Waals surface area contributed by atoms with E-state index in [1.165, 1.54) is 17.8 Å². The third kappa shape index (κ3) is 2.49. The zero-order chi connectivity index (χ0) is 16.4. The van der Waals surface area contributed by atoms with Gasteiger partial charge in [0.25, 0.3) is 5.91 Å². The number of amides is 1. The molecule has 3 N–H and O–H groups in total. The maximum absolute atomic E-state index is 12.3. The van der Waals surface area contributed by atoms with Gasteiger partial charge in [0.2, 0.25) is 0 Å². The molecule has 0 aliphatic rings. The Hall–Kier alpha value is -3.67. The van der Waals surface area contributed by atoms with Crippen molar-refractivity contribution in [3.05, 3.63) is 41.7 Å². The molecule has 0 saturated heterocycles. The number of carbonyl (C=O) groups is 1. The number of nitrogens with one attached hydrogen (secondary N) is 1. The molecule has 0 aliphatic heterocycles. The molecule has 0 atom stereocenters. The van der Waals surface area contributed by atoms with Crippen LogP contribution in [-0.4, -0.2) is 32.8 Å². The predicted octanol–water partition coefficient (Wildman–Crippen LogP) is 0.839. The Bertz CT molecular complexity index is 942. The third-order valence-corrected chi connectivity index (χ3v) is 3.12. The standard InChI is InChI=1S/C14H11N7O2/c1-23-10-4-2-3-9(5-10)18-14(22)11-12(16)21-13(20-19-11)8(6-15)7-17-21/h2-5,7H,16H2,1H3,(H,18,22). The molecule has 0 saturated carbocycles. The fourth-order valence-corrected chi connectivity index (χ4v) is 2.00. The molecular weight excluding hydrogens is 298 g/mol. The van der Waals surface area contributed by atoms with Crippen LogP contribution in [0.15, 0.2) is 30.5 Å². The van der Waals surface area contributed by atoms with Gasteiger partial charge in [-0.2, -0.15) is 14.9 Å². The Labute approximate surface area is 130 Å². The highest BCUT2D eigenvalue weighted by Gasteiger charge is 2.18. The zero-order valence-corrected chi connectivity index (χ0v) is 12.0. The maximum atomic E-state index is 12.3. The number of nitrogen functional groups attached to an aromatic ring is 1. The first kappa shape index (κ1) is 14.3. The van der Waals surface area contributed by atoms with Crippen molar-refractivity contribution >= 4 is 23.1 Å². The van der Waals surface area contributed by atoms with Crippen molar-refractivity contribution in [2.75, 3.05) is 18.2 Å². The monoisotopic (exact) mass is 309 g/mol.